The first-order valence-corrected chi connectivity index (χ1v) is 12.4. The van der Waals surface area contributed by atoms with Crippen molar-refractivity contribution in [2.75, 3.05) is 0 Å². The molecule has 6 rings (SSSR count). The molecule has 3 fully saturated rings. The second-order valence-electron chi connectivity index (χ2n) is 9.84. The van der Waals surface area contributed by atoms with E-state index in [4.69, 9.17) is 0 Å². The second kappa shape index (κ2) is 11.2. The van der Waals surface area contributed by atoms with Gasteiger partial charge in [-0.3, -0.25) is 0 Å². The molecule has 0 saturated heterocycles. The number of fused-ring (bicyclic) bond motifs is 2. The fourth-order valence-electron chi connectivity index (χ4n) is 6.35. The molecule has 2 aromatic carbocycles. The largest absolute Gasteiger partial charge is 0.393 e. The first-order valence-electron chi connectivity index (χ1n) is 12.4. The summed E-state index contributed by atoms with van der Waals surface area (Å²) in [5.74, 6) is 1.56. The van der Waals surface area contributed by atoms with Gasteiger partial charge in [-0.15, -0.1) is 35.9 Å². The van der Waals surface area contributed by atoms with Crippen LogP contribution in [-0.2, 0) is 20.1 Å². The summed E-state index contributed by atoms with van der Waals surface area (Å²) in [5, 5.41) is 21.7. The van der Waals surface area contributed by atoms with E-state index >= 15 is 0 Å². The van der Waals surface area contributed by atoms with Gasteiger partial charge in [-0.25, -0.2) is 0 Å². The first-order chi connectivity index (χ1) is 15.7. The molecule has 33 heavy (non-hydrogen) atoms. The molecular weight excluding hydrogens is 587 g/mol. The van der Waals surface area contributed by atoms with E-state index in [2.05, 4.69) is 41.4 Å². The number of benzene rings is 2. The molecule has 0 bridgehead atoms. The number of hydrogen-bond acceptors (Lipinski definition) is 3. The van der Waals surface area contributed by atoms with Crippen molar-refractivity contribution in [2.24, 2.45) is 11.8 Å². The van der Waals surface area contributed by atoms with Crippen LogP contribution in [0.25, 0.3) is 22.0 Å². The first kappa shape index (κ1) is 24.5. The van der Waals surface area contributed by atoms with Crippen molar-refractivity contribution >= 4 is 10.8 Å². The van der Waals surface area contributed by atoms with E-state index < -0.39 is 0 Å². The molecule has 4 atom stereocenters. The zero-order chi connectivity index (χ0) is 21.9. The maximum absolute atomic E-state index is 9.59. The van der Waals surface area contributed by atoms with Gasteiger partial charge in [-0.1, -0.05) is 37.5 Å². The molecule has 4 unspecified atom stereocenters. The van der Waals surface area contributed by atoms with Gasteiger partial charge in [0, 0.05) is 32.2 Å². The van der Waals surface area contributed by atoms with Crippen LogP contribution in [0.3, 0.4) is 0 Å². The van der Waals surface area contributed by atoms with Gasteiger partial charge in [-0.05, 0) is 78.5 Å². The van der Waals surface area contributed by atoms with E-state index in [0.717, 1.165) is 42.9 Å². The molecule has 1 aromatic heterocycles. The zero-order valence-electron chi connectivity index (χ0n) is 19.1. The minimum atomic E-state index is -0.216. The smallest absolute Gasteiger partial charge is 0.0595 e. The van der Waals surface area contributed by atoms with Crippen molar-refractivity contribution < 1.29 is 30.3 Å². The number of nitrogens with zero attached hydrogens (tertiary/aromatic N) is 1. The SMILES string of the molecule is OC1CCCC2CCC(O)C12.[Ir].[c-]1ccccc1-c1nccc2c(C3CCCC3)cccc12. The summed E-state index contributed by atoms with van der Waals surface area (Å²) in [4.78, 5) is 4.61. The van der Waals surface area contributed by atoms with E-state index in [1.807, 2.05) is 24.4 Å². The van der Waals surface area contributed by atoms with Gasteiger partial charge >= 0.3 is 0 Å². The Morgan fingerprint density at radius 1 is 0.758 bits per heavy atom. The maximum atomic E-state index is 9.59. The normalized spacial score (nSPS) is 26.8. The van der Waals surface area contributed by atoms with E-state index in [9.17, 15) is 10.2 Å². The molecule has 3 nitrogen and oxygen atoms in total. The van der Waals surface area contributed by atoms with E-state index in [1.165, 1.54) is 48.4 Å². The molecule has 0 amide bonds. The Kier molecular flexibility index (Phi) is 8.35. The van der Waals surface area contributed by atoms with Crippen LogP contribution >= 0.6 is 0 Å². The summed E-state index contributed by atoms with van der Waals surface area (Å²) < 4.78 is 0. The third-order valence-electron chi connectivity index (χ3n) is 7.94. The molecule has 3 saturated carbocycles. The predicted molar refractivity (Wildman–Crippen MR) is 129 cm³/mol. The summed E-state index contributed by atoms with van der Waals surface area (Å²) in [6.45, 7) is 0. The van der Waals surface area contributed by atoms with Crippen molar-refractivity contribution in [2.45, 2.75) is 75.9 Å². The third-order valence-corrected chi connectivity index (χ3v) is 7.94. The minimum Gasteiger partial charge on any atom is -0.393 e. The molecule has 2 N–H and O–H groups in total. The summed E-state index contributed by atoms with van der Waals surface area (Å²) in [5.41, 5.74) is 3.63. The average Bonchev–Trinajstić information content (AvgIpc) is 3.50. The topological polar surface area (TPSA) is 53.4 Å². The van der Waals surface area contributed by atoms with Crippen molar-refractivity contribution in [1.82, 2.24) is 4.98 Å². The molecule has 3 aliphatic carbocycles. The van der Waals surface area contributed by atoms with Crippen molar-refractivity contribution in [3.05, 3.63) is 66.4 Å². The van der Waals surface area contributed by atoms with Gasteiger partial charge in [0.15, 0.2) is 0 Å². The molecule has 4 heteroatoms. The van der Waals surface area contributed by atoms with Crippen molar-refractivity contribution in [1.29, 1.82) is 0 Å². The van der Waals surface area contributed by atoms with Crippen molar-refractivity contribution in [3.63, 3.8) is 0 Å². The van der Waals surface area contributed by atoms with Crippen LogP contribution in [0.2, 0.25) is 0 Å². The van der Waals surface area contributed by atoms with Gasteiger partial charge in [-0.2, -0.15) is 0 Å². The number of pyridine rings is 1. The van der Waals surface area contributed by atoms with E-state index in [1.54, 1.807) is 0 Å². The number of aromatic nitrogens is 1. The second-order valence-corrected chi connectivity index (χ2v) is 9.84. The zero-order valence-corrected chi connectivity index (χ0v) is 21.5. The van der Waals surface area contributed by atoms with Crippen LogP contribution in [0.1, 0.15) is 69.3 Å². The van der Waals surface area contributed by atoms with Gasteiger partial charge in [0.05, 0.1) is 12.2 Å². The summed E-state index contributed by atoms with van der Waals surface area (Å²) >= 11 is 0. The quantitative estimate of drug-likeness (QED) is 0.332. The Balaban J connectivity index is 0.000000183. The van der Waals surface area contributed by atoms with Crippen LogP contribution in [0.4, 0.5) is 0 Å². The number of aliphatic hydroxyl groups is 2. The molecule has 1 radical (unpaired) electrons. The average molecular weight is 621 g/mol. The Bertz CT molecular complexity index is 1030. The summed E-state index contributed by atoms with van der Waals surface area (Å²) in [6.07, 6.45) is 12.2. The van der Waals surface area contributed by atoms with Gasteiger partial charge < -0.3 is 15.2 Å². The minimum absolute atomic E-state index is 0. The standard InChI is InChI=1S/C20H18N.C9H16O2.Ir/c1-2-9-16(10-3-1)20-19-12-6-11-17(15-7-4-5-8-15)18(19)13-14-21-20;10-7-3-1-2-6-4-5-8(11)9(6)7;/h1-3,6,9,11-15H,4-5,7-8H2;6-11H,1-5H2;/q-1;;. The fourth-order valence-corrected chi connectivity index (χ4v) is 6.35. The van der Waals surface area contributed by atoms with Crippen molar-refractivity contribution in [3.8, 4) is 11.3 Å². The van der Waals surface area contributed by atoms with Crippen LogP contribution in [0.5, 0.6) is 0 Å². The van der Waals surface area contributed by atoms with E-state index in [-0.39, 0.29) is 38.2 Å². The Labute approximate surface area is 211 Å². The van der Waals surface area contributed by atoms with E-state index in [0.29, 0.717) is 5.92 Å². The van der Waals surface area contributed by atoms with Gasteiger partial charge in [0.25, 0.3) is 0 Å². The number of rotatable bonds is 2. The monoisotopic (exact) mass is 621 g/mol. The molecule has 3 aliphatic rings. The molecule has 0 spiro atoms. The van der Waals surface area contributed by atoms with Gasteiger partial charge in [0.1, 0.15) is 0 Å². The fraction of sp³-hybridized carbons (Fsp3) is 0.483. The van der Waals surface area contributed by atoms with Crippen LogP contribution in [-0.4, -0.2) is 27.4 Å². The van der Waals surface area contributed by atoms with Crippen LogP contribution in [0, 0.1) is 17.9 Å². The molecule has 177 valence electrons. The maximum Gasteiger partial charge on any atom is 0.0595 e. The molecular formula is C29H34IrNO2-. The summed E-state index contributed by atoms with van der Waals surface area (Å²) in [6, 6.07) is 20.2. The third kappa shape index (κ3) is 5.25. The number of hydrogen-bond donors (Lipinski definition) is 2. The Morgan fingerprint density at radius 2 is 1.58 bits per heavy atom. The Morgan fingerprint density at radius 3 is 2.33 bits per heavy atom. The van der Waals surface area contributed by atoms with Crippen LogP contribution < -0.4 is 0 Å². The molecule has 0 aliphatic heterocycles. The number of aliphatic hydroxyl groups excluding tert-OH is 2. The molecule has 3 aromatic rings. The molecule has 1 heterocycles. The Hall–Kier alpha value is -1.58. The van der Waals surface area contributed by atoms with Gasteiger partial charge in [0.2, 0.25) is 0 Å². The summed E-state index contributed by atoms with van der Waals surface area (Å²) in [7, 11) is 0. The van der Waals surface area contributed by atoms with Crippen LogP contribution in [0.15, 0.2) is 54.7 Å². The predicted octanol–water partition coefficient (Wildman–Crippen LogP) is 6.28.